The molecule has 134 valence electrons. The van der Waals surface area contributed by atoms with Gasteiger partial charge in [0.1, 0.15) is 11.5 Å². The maximum absolute atomic E-state index is 12.3. The summed E-state index contributed by atoms with van der Waals surface area (Å²) in [6.45, 7) is 0. The minimum Gasteiger partial charge on any atom is -0.497 e. The average Bonchev–Trinajstić information content (AvgIpc) is 2.66. The Kier molecular flexibility index (Phi) is 6.89. The van der Waals surface area contributed by atoms with E-state index < -0.39 is 10.8 Å². The van der Waals surface area contributed by atoms with E-state index in [4.69, 9.17) is 18.9 Å². The van der Waals surface area contributed by atoms with Crippen molar-refractivity contribution in [3.05, 3.63) is 52.9 Å². The lowest BCUT2D eigenvalue weighted by atomic mass is 10.1. The normalized spacial score (nSPS) is 12.0. The molecule has 0 saturated carbocycles. The zero-order valence-electron chi connectivity index (χ0n) is 14.8. The largest absolute Gasteiger partial charge is 0.497 e. The van der Waals surface area contributed by atoms with Crippen molar-refractivity contribution in [3.8, 4) is 23.0 Å². The quantitative estimate of drug-likeness (QED) is 0.718. The molecule has 0 aliphatic carbocycles. The number of benzene rings is 2. The molecule has 0 radical (unpaired) electrons. The van der Waals surface area contributed by atoms with Crippen LogP contribution in [0.3, 0.4) is 0 Å². The van der Waals surface area contributed by atoms with E-state index >= 15 is 0 Å². The van der Waals surface area contributed by atoms with Crippen molar-refractivity contribution in [1.29, 1.82) is 0 Å². The highest BCUT2D eigenvalue weighted by molar-refractivity contribution is 7.87. The van der Waals surface area contributed by atoms with Gasteiger partial charge in [0.2, 0.25) is 0 Å². The first-order chi connectivity index (χ1) is 12.1. The van der Waals surface area contributed by atoms with E-state index in [0.717, 1.165) is 16.9 Å². The van der Waals surface area contributed by atoms with E-state index in [1.165, 1.54) is 0 Å². The zero-order chi connectivity index (χ0) is 18.2. The summed E-state index contributed by atoms with van der Waals surface area (Å²) < 4.78 is 33.4. The molecule has 0 saturated heterocycles. The van der Waals surface area contributed by atoms with E-state index in [9.17, 15) is 4.21 Å². The molecular weight excluding hydrogens is 340 g/mol. The number of hydrogen-bond donors (Lipinski definition) is 0. The number of rotatable bonds is 8. The van der Waals surface area contributed by atoms with Gasteiger partial charge in [-0.25, -0.2) is 0 Å². The van der Waals surface area contributed by atoms with E-state index in [1.807, 2.05) is 24.3 Å². The van der Waals surface area contributed by atoms with Crippen molar-refractivity contribution in [2.75, 3.05) is 28.4 Å². The first-order valence-electron chi connectivity index (χ1n) is 7.59. The van der Waals surface area contributed by atoms with Gasteiger partial charge >= 0.3 is 0 Å². The molecule has 25 heavy (non-hydrogen) atoms. The fourth-order valence-electron chi connectivity index (χ4n) is 2.27. The highest BCUT2D eigenvalue weighted by Gasteiger charge is 2.10. The molecule has 2 aromatic rings. The highest BCUT2D eigenvalue weighted by atomic mass is 32.2. The van der Waals surface area contributed by atoms with Crippen LogP contribution in [-0.4, -0.2) is 32.6 Å². The Morgan fingerprint density at radius 1 is 0.840 bits per heavy atom. The van der Waals surface area contributed by atoms with Crippen LogP contribution in [-0.2, 0) is 16.6 Å². The van der Waals surface area contributed by atoms with E-state index in [-0.39, 0.29) is 0 Å². The van der Waals surface area contributed by atoms with Gasteiger partial charge in [-0.15, -0.1) is 0 Å². The van der Waals surface area contributed by atoms with Gasteiger partial charge in [-0.1, -0.05) is 12.1 Å². The van der Waals surface area contributed by atoms with Gasteiger partial charge in [0.15, 0.2) is 11.5 Å². The number of ether oxygens (including phenoxy) is 4. The van der Waals surface area contributed by atoms with Crippen LogP contribution >= 0.6 is 0 Å². The molecule has 2 aromatic carbocycles. The lowest BCUT2D eigenvalue weighted by Gasteiger charge is -2.12. The van der Waals surface area contributed by atoms with Crippen LogP contribution < -0.4 is 18.9 Å². The molecule has 0 N–H and O–H groups in total. The van der Waals surface area contributed by atoms with Gasteiger partial charge in [0.05, 0.1) is 45.0 Å². The van der Waals surface area contributed by atoms with E-state index in [2.05, 4.69) is 0 Å². The Morgan fingerprint density at radius 3 is 2.00 bits per heavy atom. The van der Waals surface area contributed by atoms with Crippen LogP contribution in [0.5, 0.6) is 23.0 Å². The number of methoxy groups -OCH3 is 4. The molecule has 1 atom stereocenters. The van der Waals surface area contributed by atoms with E-state index in [0.29, 0.717) is 23.0 Å². The summed E-state index contributed by atoms with van der Waals surface area (Å²) in [5, 5.41) is 1.65. The predicted molar refractivity (Wildman–Crippen MR) is 100.0 cm³/mol. The second kappa shape index (κ2) is 9.13. The standard InChI is InChI=1S/C19H22O5S/c1-21-16-7-5-14(6-8-16)13-25(20)10-9-15-11-18(23-3)19(24-4)12-17(15)22-2/h5-12H,13H2,1-4H3. The fourth-order valence-corrected chi connectivity index (χ4v) is 3.18. The minimum atomic E-state index is -1.16. The van der Waals surface area contributed by atoms with Crippen molar-refractivity contribution in [3.63, 3.8) is 0 Å². The summed E-state index contributed by atoms with van der Waals surface area (Å²) in [6.07, 6.45) is 1.76. The first-order valence-corrected chi connectivity index (χ1v) is 8.97. The Morgan fingerprint density at radius 2 is 1.44 bits per heavy atom. The Hall–Kier alpha value is -2.47. The third-order valence-electron chi connectivity index (χ3n) is 3.60. The summed E-state index contributed by atoms with van der Waals surface area (Å²) in [6, 6.07) is 11.0. The van der Waals surface area contributed by atoms with Gasteiger partial charge in [0, 0.05) is 17.0 Å². The lowest BCUT2D eigenvalue weighted by molar-refractivity contribution is 0.348. The van der Waals surface area contributed by atoms with Gasteiger partial charge < -0.3 is 18.9 Å². The molecule has 0 bridgehead atoms. The Balaban J connectivity index is 2.15. The van der Waals surface area contributed by atoms with Gasteiger partial charge in [-0.2, -0.15) is 0 Å². The predicted octanol–water partition coefficient (Wildman–Crippen LogP) is 3.64. The molecule has 2 rings (SSSR count). The van der Waals surface area contributed by atoms with Crippen LogP contribution in [0.4, 0.5) is 0 Å². The van der Waals surface area contributed by atoms with Crippen LogP contribution in [0.15, 0.2) is 41.8 Å². The monoisotopic (exact) mass is 362 g/mol. The number of hydrogen-bond acceptors (Lipinski definition) is 5. The average molecular weight is 362 g/mol. The van der Waals surface area contributed by atoms with E-state index in [1.54, 1.807) is 52.1 Å². The highest BCUT2D eigenvalue weighted by Crippen LogP contribution is 2.35. The summed E-state index contributed by atoms with van der Waals surface area (Å²) in [7, 11) is 5.17. The molecule has 6 heteroatoms. The summed E-state index contributed by atoms with van der Waals surface area (Å²) in [5.74, 6) is 2.99. The zero-order valence-corrected chi connectivity index (χ0v) is 15.6. The third kappa shape index (κ3) is 5.00. The van der Waals surface area contributed by atoms with Crippen molar-refractivity contribution >= 4 is 16.9 Å². The van der Waals surface area contributed by atoms with Crippen molar-refractivity contribution in [1.82, 2.24) is 0 Å². The molecule has 0 fully saturated rings. The van der Waals surface area contributed by atoms with Crippen LogP contribution in [0, 0.1) is 0 Å². The van der Waals surface area contributed by atoms with Crippen LogP contribution in [0.2, 0.25) is 0 Å². The molecule has 5 nitrogen and oxygen atoms in total. The topological polar surface area (TPSA) is 54.0 Å². The molecule has 0 aliphatic heterocycles. The molecule has 0 amide bonds. The molecule has 1 unspecified atom stereocenters. The fraction of sp³-hybridized carbons (Fsp3) is 0.263. The van der Waals surface area contributed by atoms with Crippen molar-refractivity contribution in [2.24, 2.45) is 0 Å². The summed E-state index contributed by atoms with van der Waals surface area (Å²) in [5.41, 5.74) is 1.74. The summed E-state index contributed by atoms with van der Waals surface area (Å²) in [4.78, 5) is 0. The third-order valence-corrected chi connectivity index (χ3v) is 4.66. The Labute approximate surface area is 150 Å². The minimum absolute atomic E-state index is 0.427. The molecule has 0 heterocycles. The molecule has 0 aliphatic rings. The second-order valence-corrected chi connectivity index (χ2v) is 6.45. The van der Waals surface area contributed by atoms with Crippen molar-refractivity contribution < 1.29 is 23.2 Å². The Bertz CT molecular complexity index is 753. The first kappa shape index (κ1) is 18.9. The van der Waals surface area contributed by atoms with Crippen LogP contribution in [0.1, 0.15) is 11.1 Å². The van der Waals surface area contributed by atoms with Crippen LogP contribution in [0.25, 0.3) is 6.08 Å². The van der Waals surface area contributed by atoms with Gasteiger partial charge in [0.25, 0.3) is 0 Å². The van der Waals surface area contributed by atoms with Crippen molar-refractivity contribution in [2.45, 2.75) is 5.75 Å². The smallest absolute Gasteiger partial charge is 0.164 e. The lowest BCUT2D eigenvalue weighted by Crippen LogP contribution is -1.95. The maximum atomic E-state index is 12.3. The molecule has 0 aromatic heterocycles. The SMILES string of the molecule is COc1ccc(CS(=O)C=Cc2cc(OC)c(OC)cc2OC)cc1. The maximum Gasteiger partial charge on any atom is 0.164 e. The summed E-state index contributed by atoms with van der Waals surface area (Å²) >= 11 is 0. The second-order valence-electron chi connectivity index (χ2n) is 5.13. The van der Waals surface area contributed by atoms with Gasteiger partial charge in [-0.3, -0.25) is 4.21 Å². The van der Waals surface area contributed by atoms with Gasteiger partial charge in [-0.05, 0) is 29.8 Å². The molecule has 0 spiro atoms. The molecular formula is C19H22O5S.